The van der Waals surface area contributed by atoms with E-state index in [1.54, 1.807) is 24.3 Å². The van der Waals surface area contributed by atoms with Crippen molar-refractivity contribution < 1.29 is 14.0 Å². The molecule has 1 amide bonds. The summed E-state index contributed by atoms with van der Waals surface area (Å²) in [7, 11) is 0. The molecule has 0 saturated heterocycles. The summed E-state index contributed by atoms with van der Waals surface area (Å²) in [6.45, 7) is 0. The SMILES string of the molecule is O=C(CCC(=O)c1ccccc1F)Nc1ccccc1Br. The molecule has 0 saturated carbocycles. The monoisotopic (exact) mass is 349 g/mol. The molecule has 0 aliphatic heterocycles. The fourth-order valence-corrected chi connectivity index (χ4v) is 2.21. The van der Waals surface area contributed by atoms with Crippen molar-refractivity contribution in [2.24, 2.45) is 0 Å². The third kappa shape index (κ3) is 4.23. The van der Waals surface area contributed by atoms with Gasteiger partial charge in [-0.25, -0.2) is 4.39 Å². The molecular formula is C16H13BrFNO2. The van der Waals surface area contributed by atoms with Gasteiger partial charge in [0.25, 0.3) is 0 Å². The van der Waals surface area contributed by atoms with Crippen molar-refractivity contribution >= 4 is 33.3 Å². The lowest BCUT2D eigenvalue weighted by Crippen LogP contribution is -2.14. The molecule has 108 valence electrons. The van der Waals surface area contributed by atoms with E-state index in [2.05, 4.69) is 21.2 Å². The van der Waals surface area contributed by atoms with E-state index in [-0.39, 0.29) is 30.1 Å². The molecule has 0 aliphatic carbocycles. The zero-order valence-electron chi connectivity index (χ0n) is 11.1. The van der Waals surface area contributed by atoms with Crippen molar-refractivity contribution in [1.29, 1.82) is 0 Å². The van der Waals surface area contributed by atoms with Crippen LogP contribution in [0.1, 0.15) is 23.2 Å². The first-order valence-electron chi connectivity index (χ1n) is 6.40. The Kier molecular flexibility index (Phi) is 5.22. The minimum Gasteiger partial charge on any atom is -0.325 e. The summed E-state index contributed by atoms with van der Waals surface area (Å²) in [5.41, 5.74) is 0.659. The van der Waals surface area contributed by atoms with Gasteiger partial charge in [0.05, 0.1) is 11.3 Å². The number of carbonyl (C=O) groups excluding carboxylic acids is 2. The van der Waals surface area contributed by atoms with Crippen LogP contribution in [0.25, 0.3) is 0 Å². The molecule has 2 aromatic carbocycles. The number of amides is 1. The maximum absolute atomic E-state index is 13.4. The number of Topliss-reactive ketones (excluding diaryl/α,β-unsaturated/α-hetero) is 1. The number of para-hydroxylation sites is 1. The topological polar surface area (TPSA) is 46.2 Å². The predicted molar refractivity (Wildman–Crippen MR) is 82.7 cm³/mol. The molecule has 5 heteroatoms. The molecule has 0 atom stereocenters. The van der Waals surface area contributed by atoms with Crippen LogP contribution >= 0.6 is 15.9 Å². The Hall–Kier alpha value is -2.01. The third-order valence-corrected chi connectivity index (χ3v) is 3.59. The van der Waals surface area contributed by atoms with Crippen molar-refractivity contribution in [2.45, 2.75) is 12.8 Å². The second-order valence-electron chi connectivity index (χ2n) is 4.43. The molecule has 21 heavy (non-hydrogen) atoms. The van der Waals surface area contributed by atoms with Crippen LogP contribution in [-0.4, -0.2) is 11.7 Å². The Bertz CT molecular complexity index is 673. The second kappa shape index (κ2) is 7.13. The van der Waals surface area contributed by atoms with Crippen molar-refractivity contribution in [3.8, 4) is 0 Å². The van der Waals surface area contributed by atoms with E-state index in [9.17, 15) is 14.0 Å². The van der Waals surface area contributed by atoms with Gasteiger partial charge in [-0.05, 0) is 40.2 Å². The fourth-order valence-electron chi connectivity index (χ4n) is 1.82. The number of hydrogen-bond donors (Lipinski definition) is 1. The van der Waals surface area contributed by atoms with Gasteiger partial charge >= 0.3 is 0 Å². The minimum absolute atomic E-state index is 0.00843. The first-order valence-corrected chi connectivity index (χ1v) is 7.19. The van der Waals surface area contributed by atoms with E-state index >= 15 is 0 Å². The fraction of sp³-hybridized carbons (Fsp3) is 0.125. The molecule has 0 spiro atoms. The van der Waals surface area contributed by atoms with Crippen LogP contribution in [0, 0.1) is 5.82 Å². The molecule has 2 rings (SSSR count). The lowest BCUT2D eigenvalue weighted by Gasteiger charge is -2.07. The molecule has 0 fully saturated rings. The van der Waals surface area contributed by atoms with Gasteiger partial charge in [-0.15, -0.1) is 0 Å². The summed E-state index contributed by atoms with van der Waals surface area (Å²) < 4.78 is 14.2. The van der Waals surface area contributed by atoms with Crippen molar-refractivity contribution in [3.05, 3.63) is 64.4 Å². The number of benzene rings is 2. The maximum Gasteiger partial charge on any atom is 0.224 e. The highest BCUT2D eigenvalue weighted by atomic mass is 79.9. The van der Waals surface area contributed by atoms with Crippen molar-refractivity contribution in [1.82, 2.24) is 0 Å². The van der Waals surface area contributed by atoms with Crippen LogP contribution < -0.4 is 5.32 Å². The van der Waals surface area contributed by atoms with Gasteiger partial charge in [-0.1, -0.05) is 24.3 Å². The van der Waals surface area contributed by atoms with Gasteiger partial charge in [0, 0.05) is 17.3 Å². The van der Waals surface area contributed by atoms with Crippen LogP contribution in [0.4, 0.5) is 10.1 Å². The smallest absolute Gasteiger partial charge is 0.224 e. The molecule has 3 nitrogen and oxygen atoms in total. The lowest BCUT2D eigenvalue weighted by atomic mass is 10.1. The first kappa shape index (κ1) is 15.4. The zero-order valence-corrected chi connectivity index (χ0v) is 12.7. The molecular weight excluding hydrogens is 337 g/mol. The summed E-state index contributed by atoms with van der Waals surface area (Å²) in [6.07, 6.45) is -0.0221. The number of nitrogens with one attached hydrogen (secondary N) is 1. The average Bonchev–Trinajstić information content (AvgIpc) is 2.48. The second-order valence-corrected chi connectivity index (χ2v) is 5.29. The van der Waals surface area contributed by atoms with Crippen LogP contribution in [0.2, 0.25) is 0 Å². The van der Waals surface area contributed by atoms with Gasteiger partial charge in [0.2, 0.25) is 5.91 Å². The highest BCUT2D eigenvalue weighted by Gasteiger charge is 2.13. The van der Waals surface area contributed by atoms with Crippen molar-refractivity contribution in [2.75, 3.05) is 5.32 Å². The predicted octanol–water partition coefficient (Wildman–Crippen LogP) is 4.19. The van der Waals surface area contributed by atoms with Crippen molar-refractivity contribution in [3.63, 3.8) is 0 Å². The molecule has 1 N–H and O–H groups in total. The van der Waals surface area contributed by atoms with E-state index in [0.29, 0.717) is 5.69 Å². The Morgan fingerprint density at radius 1 is 1.00 bits per heavy atom. The van der Waals surface area contributed by atoms with Gasteiger partial charge in [0.15, 0.2) is 5.78 Å². The van der Waals surface area contributed by atoms with Gasteiger partial charge in [-0.3, -0.25) is 9.59 Å². The summed E-state index contributed by atoms with van der Waals surface area (Å²) in [5.74, 6) is -1.23. The maximum atomic E-state index is 13.4. The Balaban J connectivity index is 1.91. The summed E-state index contributed by atoms with van der Waals surface area (Å²) in [6, 6.07) is 13.0. The highest BCUT2D eigenvalue weighted by molar-refractivity contribution is 9.10. The molecule has 0 aromatic heterocycles. The number of ketones is 1. The molecule has 0 unspecified atom stereocenters. The average molecular weight is 350 g/mol. The normalized spacial score (nSPS) is 10.2. The molecule has 0 radical (unpaired) electrons. The van der Waals surface area contributed by atoms with Crippen LogP contribution in [0.15, 0.2) is 53.0 Å². The summed E-state index contributed by atoms with van der Waals surface area (Å²) in [4.78, 5) is 23.7. The van der Waals surface area contributed by atoms with E-state index in [4.69, 9.17) is 0 Å². The van der Waals surface area contributed by atoms with Gasteiger partial charge in [0.1, 0.15) is 5.82 Å². The van der Waals surface area contributed by atoms with E-state index in [1.165, 1.54) is 18.2 Å². The molecule has 2 aromatic rings. The molecule has 0 aliphatic rings. The first-order chi connectivity index (χ1) is 10.1. The van der Waals surface area contributed by atoms with Crippen LogP contribution in [-0.2, 0) is 4.79 Å². The minimum atomic E-state index is -0.561. The lowest BCUT2D eigenvalue weighted by molar-refractivity contribution is -0.116. The van der Waals surface area contributed by atoms with Gasteiger partial charge in [-0.2, -0.15) is 0 Å². The Morgan fingerprint density at radius 3 is 2.38 bits per heavy atom. The van der Waals surface area contributed by atoms with E-state index in [1.807, 2.05) is 6.07 Å². The number of anilines is 1. The standard InChI is InChI=1S/C16H13BrFNO2/c17-12-6-2-4-8-14(12)19-16(21)10-9-15(20)11-5-1-3-7-13(11)18/h1-8H,9-10H2,(H,19,21). The number of halogens is 2. The highest BCUT2D eigenvalue weighted by Crippen LogP contribution is 2.21. The zero-order chi connectivity index (χ0) is 15.2. The third-order valence-electron chi connectivity index (χ3n) is 2.90. The Labute approximate surface area is 130 Å². The number of hydrogen-bond acceptors (Lipinski definition) is 2. The largest absolute Gasteiger partial charge is 0.325 e. The van der Waals surface area contributed by atoms with Crippen LogP contribution in [0.5, 0.6) is 0 Å². The number of rotatable bonds is 5. The summed E-state index contributed by atoms with van der Waals surface area (Å²) >= 11 is 3.32. The van der Waals surface area contributed by atoms with E-state index < -0.39 is 5.82 Å². The molecule has 0 heterocycles. The summed E-state index contributed by atoms with van der Waals surface area (Å²) in [5, 5.41) is 2.70. The van der Waals surface area contributed by atoms with Gasteiger partial charge < -0.3 is 5.32 Å². The molecule has 0 bridgehead atoms. The van der Waals surface area contributed by atoms with E-state index in [0.717, 1.165) is 4.47 Å². The van der Waals surface area contributed by atoms with Crippen LogP contribution in [0.3, 0.4) is 0 Å². The quantitative estimate of drug-likeness (QED) is 0.822. The Morgan fingerprint density at radius 2 is 1.67 bits per heavy atom. The number of carbonyl (C=O) groups is 2.